The predicted molar refractivity (Wildman–Crippen MR) is 50.1 cm³/mol. The SMILES string of the molecule is Nc1cc(S(=O)(=O)O)c(N)cc1Cl. The number of hydrogen-bond acceptors (Lipinski definition) is 4. The maximum atomic E-state index is 10.7. The molecule has 0 bridgehead atoms. The van der Waals surface area contributed by atoms with Crippen molar-refractivity contribution in [2.75, 3.05) is 11.5 Å². The minimum atomic E-state index is -4.34. The van der Waals surface area contributed by atoms with E-state index in [0.717, 1.165) is 6.07 Å². The average Bonchev–Trinajstić information content (AvgIpc) is 1.94. The number of halogens is 1. The van der Waals surface area contributed by atoms with E-state index in [0.29, 0.717) is 0 Å². The maximum Gasteiger partial charge on any atom is 0.296 e. The lowest BCUT2D eigenvalue weighted by molar-refractivity contribution is 0.483. The summed E-state index contributed by atoms with van der Waals surface area (Å²) in [6.07, 6.45) is 0. The average molecular weight is 223 g/mol. The smallest absolute Gasteiger partial charge is 0.296 e. The van der Waals surface area contributed by atoms with Gasteiger partial charge in [-0.25, -0.2) is 0 Å². The van der Waals surface area contributed by atoms with Crippen LogP contribution in [0.15, 0.2) is 17.0 Å². The fraction of sp³-hybridized carbons (Fsp3) is 0. The summed E-state index contributed by atoms with van der Waals surface area (Å²) in [4.78, 5) is -0.436. The molecule has 5 N–H and O–H groups in total. The van der Waals surface area contributed by atoms with E-state index in [1.54, 1.807) is 0 Å². The Balaban J connectivity index is 3.50. The largest absolute Gasteiger partial charge is 0.398 e. The fourth-order valence-corrected chi connectivity index (χ4v) is 1.61. The second kappa shape index (κ2) is 3.06. The molecule has 0 atom stereocenters. The lowest BCUT2D eigenvalue weighted by Crippen LogP contribution is -2.04. The molecule has 1 aromatic rings. The predicted octanol–water partition coefficient (Wildman–Crippen LogP) is 0.751. The first-order valence-corrected chi connectivity index (χ1v) is 4.96. The molecule has 0 saturated heterocycles. The molecule has 5 nitrogen and oxygen atoms in total. The quantitative estimate of drug-likeness (QED) is 0.480. The highest BCUT2D eigenvalue weighted by atomic mass is 35.5. The number of nitrogen functional groups attached to an aromatic ring is 2. The van der Waals surface area contributed by atoms with E-state index in [2.05, 4.69) is 0 Å². The molecule has 0 aliphatic heterocycles. The van der Waals surface area contributed by atoms with E-state index in [1.807, 2.05) is 0 Å². The van der Waals surface area contributed by atoms with Crippen molar-refractivity contribution in [1.29, 1.82) is 0 Å². The van der Waals surface area contributed by atoms with Crippen molar-refractivity contribution in [3.05, 3.63) is 17.2 Å². The van der Waals surface area contributed by atoms with Crippen LogP contribution in [0.1, 0.15) is 0 Å². The molecule has 1 aromatic carbocycles. The van der Waals surface area contributed by atoms with Gasteiger partial charge < -0.3 is 11.5 Å². The highest BCUT2D eigenvalue weighted by Gasteiger charge is 2.15. The lowest BCUT2D eigenvalue weighted by Gasteiger charge is -2.04. The Labute approximate surface area is 80.0 Å². The molecule has 72 valence electrons. The van der Waals surface area contributed by atoms with E-state index in [-0.39, 0.29) is 16.4 Å². The summed E-state index contributed by atoms with van der Waals surface area (Å²) in [5.74, 6) is 0. The van der Waals surface area contributed by atoms with Crippen LogP contribution in [-0.2, 0) is 10.1 Å². The van der Waals surface area contributed by atoms with E-state index in [1.165, 1.54) is 6.07 Å². The Morgan fingerprint density at radius 2 is 1.77 bits per heavy atom. The van der Waals surface area contributed by atoms with Crippen LogP contribution >= 0.6 is 11.6 Å². The topological polar surface area (TPSA) is 106 Å². The van der Waals surface area contributed by atoms with Crippen LogP contribution in [0.3, 0.4) is 0 Å². The highest BCUT2D eigenvalue weighted by Crippen LogP contribution is 2.27. The molecule has 0 saturated carbocycles. The Kier molecular flexibility index (Phi) is 2.38. The van der Waals surface area contributed by atoms with Crippen LogP contribution in [-0.4, -0.2) is 13.0 Å². The van der Waals surface area contributed by atoms with Gasteiger partial charge in [-0.2, -0.15) is 8.42 Å². The molecule has 0 amide bonds. The van der Waals surface area contributed by atoms with Gasteiger partial charge in [0.15, 0.2) is 0 Å². The molecule has 13 heavy (non-hydrogen) atoms. The summed E-state index contributed by atoms with van der Waals surface area (Å²) < 4.78 is 30.1. The van der Waals surface area contributed by atoms with Crippen LogP contribution < -0.4 is 11.5 Å². The first-order chi connectivity index (χ1) is 5.82. The summed E-state index contributed by atoms with van der Waals surface area (Å²) in [6.45, 7) is 0. The van der Waals surface area contributed by atoms with E-state index < -0.39 is 15.0 Å². The van der Waals surface area contributed by atoms with Gasteiger partial charge in [0.05, 0.1) is 16.4 Å². The van der Waals surface area contributed by atoms with Gasteiger partial charge in [-0.05, 0) is 12.1 Å². The van der Waals surface area contributed by atoms with Gasteiger partial charge in [0, 0.05) is 0 Å². The number of rotatable bonds is 1. The lowest BCUT2D eigenvalue weighted by atomic mass is 10.3. The molecule has 0 aliphatic rings. The van der Waals surface area contributed by atoms with Gasteiger partial charge in [0.1, 0.15) is 4.90 Å². The molecule has 1 rings (SSSR count). The van der Waals surface area contributed by atoms with Crippen molar-refractivity contribution >= 4 is 33.1 Å². The van der Waals surface area contributed by atoms with Crippen molar-refractivity contribution < 1.29 is 13.0 Å². The Hall–Kier alpha value is -0.980. The molecule has 0 spiro atoms. The van der Waals surface area contributed by atoms with Crippen LogP contribution in [0.4, 0.5) is 11.4 Å². The van der Waals surface area contributed by atoms with Gasteiger partial charge in [-0.3, -0.25) is 4.55 Å². The molecular weight excluding hydrogens is 216 g/mol. The van der Waals surface area contributed by atoms with Gasteiger partial charge in [-0.1, -0.05) is 11.6 Å². The van der Waals surface area contributed by atoms with Crippen molar-refractivity contribution in [2.24, 2.45) is 0 Å². The third-order valence-corrected chi connectivity index (χ3v) is 2.64. The number of hydrogen-bond donors (Lipinski definition) is 3. The van der Waals surface area contributed by atoms with E-state index in [4.69, 9.17) is 27.6 Å². The van der Waals surface area contributed by atoms with Crippen LogP contribution in [0.25, 0.3) is 0 Å². The normalized spacial score (nSPS) is 11.5. The van der Waals surface area contributed by atoms with Gasteiger partial charge in [0.2, 0.25) is 0 Å². The standard InChI is InChI=1S/C6H7ClN2O3S/c7-3-1-5(9)6(2-4(3)8)13(10,11)12/h1-2H,8-9H2,(H,10,11,12). The molecule has 0 unspecified atom stereocenters. The van der Waals surface area contributed by atoms with Crippen molar-refractivity contribution in [2.45, 2.75) is 4.90 Å². The van der Waals surface area contributed by atoms with Gasteiger partial charge in [-0.15, -0.1) is 0 Å². The van der Waals surface area contributed by atoms with Crippen LogP contribution in [0, 0.1) is 0 Å². The first kappa shape index (κ1) is 10.1. The summed E-state index contributed by atoms with van der Waals surface area (Å²) in [5.41, 5.74) is 10.5. The minimum Gasteiger partial charge on any atom is -0.398 e. The zero-order chi connectivity index (χ0) is 10.2. The van der Waals surface area contributed by atoms with Crippen LogP contribution in [0.5, 0.6) is 0 Å². The number of nitrogens with two attached hydrogens (primary N) is 2. The highest BCUT2D eigenvalue weighted by molar-refractivity contribution is 7.86. The van der Waals surface area contributed by atoms with Gasteiger partial charge in [0.25, 0.3) is 10.1 Å². The van der Waals surface area contributed by atoms with Crippen molar-refractivity contribution in [3.8, 4) is 0 Å². The third-order valence-electron chi connectivity index (χ3n) is 1.41. The fourth-order valence-electron chi connectivity index (χ4n) is 0.808. The van der Waals surface area contributed by atoms with E-state index >= 15 is 0 Å². The molecule has 0 heterocycles. The summed E-state index contributed by atoms with van der Waals surface area (Å²) in [6, 6.07) is 2.17. The molecular formula is C6H7ClN2O3S. The first-order valence-electron chi connectivity index (χ1n) is 3.14. The zero-order valence-corrected chi connectivity index (χ0v) is 7.93. The Morgan fingerprint density at radius 3 is 2.23 bits per heavy atom. The van der Waals surface area contributed by atoms with Crippen LogP contribution in [0.2, 0.25) is 5.02 Å². The third kappa shape index (κ3) is 2.03. The van der Waals surface area contributed by atoms with Crippen molar-refractivity contribution in [3.63, 3.8) is 0 Å². The summed E-state index contributed by atoms with van der Waals surface area (Å²) in [7, 11) is -4.34. The molecule has 0 radical (unpaired) electrons. The second-order valence-electron chi connectivity index (χ2n) is 2.39. The Morgan fingerprint density at radius 1 is 1.23 bits per heavy atom. The summed E-state index contributed by atoms with van der Waals surface area (Å²) in [5, 5.41) is 0.143. The number of anilines is 2. The zero-order valence-electron chi connectivity index (χ0n) is 6.36. The minimum absolute atomic E-state index is 0.0449. The Bertz CT molecular complexity index is 443. The van der Waals surface area contributed by atoms with Crippen molar-refractivity contribution in [1.82, 2.24) is 0 Å². The molecule has 7 heteroatoms. The molecule has 0 aliphatic carbocycles. The summed E-state index contributed by atoms with van der Waals surface area (Å²) >= 11 is 5.55. The molecule has 0 fully saturated rings. The maximum absolute atomic E-state index is 10.7. The monoisotopic (exact) mass is 222 g/mol. The second-order valence-corrected chi connectivity index (χ2v) is 4.18. The number of benzene rings is 1. The van der Waals surface area contributed by atoms with E-state index in [9.17, 15) is 8.42 Å². The van der Waals surface area contributed by atoms with Gasteiger partial charge >= 0.3 is 0 Å². The molecule has 0 aromatic heterocycles.